The first-order valence-electron chi connectivity index (χ1n) is 2.72. The van der Waals surface area contributed by atoms with Crippen LogP contribution in [0.4, 0.5) is 0 Å². The average Bonchev–Trinajstić information content (AvgIpc) is 2.17. The van der Waals surface area contributed by atoms with Gasteiger partial charge < -0.3 is 10.6 Å². The summed E-state index contributed by atoms with van der Waals surface area (Å²) >= 11 is 0. The summed E-state index contributed by atoms with van der Waals surface area (Å²) in [5.41, 5.74) is 0. The van der Waals surface area contributed by atoms with E-state index in [0.29, 0.717) is 0 Å². The molecule has 0 saturated heterocycles. The maximum absolute atomic E-state index is 3.85. The summed E-state index contributed by atoms with van der Waals surface area (Å²) in [4.78, 5) is 3.85. The van der Waals surface area contributed by atoms with E-state index >= 15 is 0 Å². The minimum atomic E-state index is 0.958. The van der Waals surface area contributed by atoms with Crippen LogP contribution in [-0.4, -0.2) is 33.5 Å². The fraction of sp³-hybridized carbons (Fsp3) is 0.800. The Balaban J connectivity index is 0.000000145. The van der Waals surface area contributed by atoms with Gasteiger partial charge in [0.15, 0.2) is 0 Å². The molecule has 0 saturated carbocycles. The van der Waals surface area contributed by atoms with Crippen molar-refractivity contribution in [3.05, 3.63) is 0 Å². The van der Waals surface area contributed by atoms with Crippen LogP contribution >= 0.6 is 0 Å². The van der Waals surface area contributed by atoms with Gasteiger partial charge >= 0.3 is 0 Å². The molecular formula is C5H13N3. The molecule has 0 atom stereocenters. The molecule has 0 amide bonds. The lowest BCUT2D eigenvalue weighted by Gasteiger charge is -1.75. The van der Waals surface area contributed by atoms with Gasteiger partial charge in [0.05, 0.1) is 12.9 Å². The lowest BCUT2D eigenvalue weighted by Crippen LogP contribution is -2.04. The van der Waals surface area contributed by atoms with E-state index in [1.807, 2.05) is 14.1 Å². The molecule has 0 unspecified atom stereocenters. The molecule has 48 valence electrons. The monoisotopic (exact) mass is 115 g/mol. The highest BCUT2D eigenvalue weighted by atomic mass is 15.0. The van der Waals surface area contributed by atoms with E-state index in [9.17, 15) is 0 Å². The van der Waals surface area contributed by atoms with Crippen molar-refractivity contribution in [1.82, 2.24) is 10.6 Å². The molecule has 8 heavy (non-hydrogen) atoms. The minimum absolute atomic E-state index is 0.958. The highest BCUT2D eigenvalue weighted by molar-refractivity contribution is 5.56. The molecule has 0 aromatic rings. The summed E-state index contributed by atoms with van der Waals surface area (Å²) in [6.45, 7) is 1.99. The zero-order valence-corrected chi connectivity index (χ0v) is 5.44. The predicted molar refractivity (Wildman–Crippen MR) is 36.3 cm³/mol. The Hall–Kier alpha value is -0.570. The Morgan fingerprint density at radius 2 is 2.25 bits per heavy atom. The van der Waals surface area contributed by atoms with E-state index in [1.165, 1.54) is 0 Å². The van der Waals surface area contributed by atoms with Crippen LogP contribution in [0.15, 0.2) is 4.99 Å². The predicted octanol–water partition coefficient (Wildman–Crippen LogP) is -0.547. The van der Waals surface area contributed by atoms with Gasteiger partial charge in [0, 0.05) is 6.54 Å². The molecule has 2 N–H and O–H groups in total. The quantitative estimate of drug-likeness (QED) is 0.444. The van der Waals surface area contributed by atoms with E-state index in [4.69, 9.17) is 0 Å². The Kier molecular flexibility index (Phi) is 5.97. The lowest BCUT2D eigenvalue weighted by atomic mass is 10.7. The van der Waals surface area contributed by atoms with Gasteiger partial charge in [-0.1, -0.05) is 0 Å². The van der Waals surface area contributed by atoms with Gasteiger partial charge in [-0.15, -0.1) is 0 Å². The van der Waals surface area contributed by atoms with Crippen LogP contribution in [0.3, 0.4) is 0 Å². The molecule has 0 bridgehead atoms. The number of hydrogen-bond acceptors (Lipinski definition) is 3. The van der Waals surface area contributed by atoms with Crippen molar-refractivity contribution in [1.29, 1.82) is 0 Å². The number of nitrogens with zero attached hydrogens (tertiary/aromatic N) is 1. The van der Waals surface area contributed by atoms with Gasteiger partial charge in [-0.3, -0.25) is 4.99 Å². The first-order chi connectivity index (χ1) is 3.91. The highest BCUT2D eigenvalue weighted by Gasteiger charge is 1.82. The zero-order valence-electron chi connectivity index (χ0n) is 5.44. The molecule has 0 aromatic carbocycles. The SMILES string of the molecule is C1=NCCN1.CNC. The van der Waals surface area contributed by atoms with Crippen LogP contribution < -0.4 is 10.6 Å². The van der Waals surface area contributed by atoms with Gasteiger partial charge in [0.2, 0.25) is 0 Å². The maximum atomic E-state index is 3.85. The molecule has 0 spiro atoms. The Labute approximate surface area is 50.2 Å². The van der Waals surface area contributed by atoms with Crippen LogP contribution in [0, 0.1) is 0 Å². The Morgan fingerprint density at radius 3 is 2.38 bits per heavy atom. The van der Waals surface area contributed by atoms with Gasteiger partial charge in [0.25, 0.3) is 0 Å². The van der Waals surface area contributed by atoms with Crippen LogP contribution in [0.2, 0.25) is 0 Å². The standard InChI is InChI=1S/C3H6N2.C2H7N/c1-2-5-3-4-1;1-3-2/h3H,1-2H2,(H,4,5);3H,1-2H3. The van der Waals surface area contributed by atoms with E-state index in [2.05, 4.69) is 15.6 Å². The topological polar surface area (TPSA) is 36.4 Å². The first-order valence-corrected chi connectivity index (χ1v) is 2.72. The van der Waals surface area contributed by atoms with Gasteiger partial charge in [-0.25, -0.2) is 0 Å². The number of nitrogens with one attached hydrogen (secondary N) is 2. The highest BCUT2D eigenvalue weighted by Crippen LogP contribution is 1.68. The van der Waals surface area contributed by atoms with E-state index in [0.717, 1.165) is 13.1 Å². The largest absolute Gasteiger partial charge is 0.375 e. The number of rotatable bonds is 0. The van der Waals surface area contributed by atoms with Crippen molar-refractivity contribution in [2.75, 3.05) is 27.2 Å². The van der Waals surface area contributed by atoms with Gasteiger partial charge in [0.1, 0.15) is 0 Å². The average molecular weight is 115 g/mol. The fourth-order valence-electron chi connectivity index (χ4n) is 0.323. The molecule has 1 aliphatic heterocycles. The Morgan fingerprint density at radius 1 is 1.62 bits per heavy atom. The summed E-state index contributed by atoms with van der Waals surface area (Å²) in [6, 6.07) is 0. The van der Waals surface area contributed by atoms with E-state index < -0.39 is 0 Å². The molecule has 0 aromatic heterocycles. The molecule has 0 fully saturated rings. The maximum Gasteiger partial charge on any atom is 0.0825 e. The number of hydrogen-bond donors (Lipinski definition) is 2. The molecule has 1 heterocycles. The smallest absolute Gasteiger partial charge is 0.0825 e. The molecule has 3 heteroatoms. The summed E-state index contributed by atoms with van der Waals surface area (Å²) in [5.74, 6) is 0. The third-order valence-corrected chi connectivity index (χ3v) is 0.568. The third kappa shape index (κ3) is 5.43. The molecule has 1 aliphatic rings. The second kappa shape index (κ2) is 6.43. The zero-order chi connectivity index (χ0) is 6.24. The van der Waals surface area contributed by atoms with Crippen molar-refractivity contribution in [2.24, 2.45) is 4.99 Å². The van der Waals surface area contributed by atoms with Crippen molar-refractivity contribution < 1.29 is 0 Å². The summed E-state index contributed by atoms with van der Waals surface area (Å²) in [5, 5.41) is 5.68. The molecule has 3 nitrogen and oxygen atoms in total. The minimum Gasteiger partial charge on any atom is -0.375 e. The third-order valence-electron chi connectivity index (χ3n) is 0.568. The van der Waals surface area contributed by atoms with Crippen LogP contribution in [-0.2, 0) is 0 Å². The van der Waals surface area contributed by atoms with Gasteiger partial charge in [-0.05, 0) is 14.1 Å². The summed E-state index contributed by atoms with van der Waals surface area (Å²) < 4.78 is 0. The molecular weight excluding hydrogens is 102 g/mol. The second-order valence-electron chi connectivity index (χ2n) is 1.49. The van der Waals surface area contributed by atoms with E-state index in [1.54, 1.807) is 6.34 Å². The first kappa shape index (κ1) is 7.43. The van der Waals surface area contributed by atoms with E-state index in [-0.39, 0.29) is 0 Å². The van der Waals surface area contributed by atoms with Crippen LogP contribution in [0.5, 0.6) is 0 Å². The number of aliphatic imine (C=N–C) groups is 1. The van der Waals surface area contributed by atoms with Crippen molar-refractivity contribution in [3.8, 4) is 0 Å². The van der Waals surface area contributed by atoms with Crippen LogP contribution in [0.25, 0.3) is 0 Å². The summed E-state index contributed by atoms with van der Waals surface area (Å²) in [7, 11) is 3.75. The van der Waals surface area contributed by atoms with Crippen molar-refractivity contribution in [3.63, 3.8) is 0 Å². The molecule has 0 aliphatic carbocycles. The van der Waals surface area contributed by atoms with Crippen molar-refractivity contribution in [2.45, 2.75) is 0 Å². The fourth-order valence-corrected chi connectivity index (χ4v) is 0.323. The van der Waals surface area contributed by atoms with Crippen molar-refractivity contribution >= 4 is 6.34 Å². The molecule has 0 radical (unpaired) electrons. The second-order valence-corrected chi connectivity index (χ2v) is 1.49. The lowest BCUT2D eigenvalue weighted by molar-refractivity contribution is 0.965. The molecule has 1 rings (SSSR count). The normalized spacial score (nSPS) is 14.2. The van der Waals surface area contributed by atoms with Crippen LogP contribution in [0.1, 0.15) is 0 Å². The Bertz CT molecular complexity index is 54.7. The summed E-state index contributed by atoms with van der Waals surface area (Å²) in [6.07, 6.45) is 1.74. The van der Waals surface area contributed by atoms with Gasteiger partial charge in [-0.2, -0.15) is 0 Å².